The third-order valence-electron chi connectivity index (χ3n) is 2.29. The molecule has 1 aromatic rings. The lowest BCUT2D eigenvalue weighted by atomic mass is 10.2. The van der Waals surface area contributed by atoms with Crippen LogP contribution in [0.15, 0.2) is 12.1 Å². The number of aliphatic hydroxyl groups excluding tert-OH is 1. The lowest BCUT2D eigenvalue weighted by Gasteiger charge is -2.20. The maximum absolute atomic E-state index is 12.0. The number of unbranched alkanes of at least 4 members (excludes halogenated alkanes) is 1. The first-order valence-corrected chi connectivity index (χ1v) is 5.96. The van der Waals surface area contributed by atoms with Crippen LogP contribution in [-0.2, 0) is 0 Å². The first kappa shape index (κ1) is 13.9. The Morgan fingerprint density at radius 1 is 1.41 bits per heavy atom. The summed E-state index contributed by atoms with van der Waals surface area (Å²) >= 11 is 5.60. The van der Waals surface area contributed by atoms with E-state index in [1.807, 2.05) is 6.92 Å². The fourth-order valence-corrected chi connectivity index (χ4v) is 1.48. The van der Waals surface area contributed by atoms with Gasteiger partial charge in [0.2, 0.25) is 0 Å². The molecule has 94 valence electrons. The normalized spacial score (nSPS) is 10.3. The Morgan fingerprint density at radius 2 is 2.18 bits per heavy atom. The predicted molar refractivity (Wildman–Crippen MR) is 64.9 cm³/mol. The number of rotatable bonds is 6. The zero-order valence-electron chi connectivity index (χ0n) is 9.77. The molecule has 0 aromatic carbocycles. The van der Waals surface area contributed by atoms with Gasteiger partial charge in [-0.3, -0.25) is 4.79 Å². The Hall–Kier alpha value is -1.20. The van der Waals surface area contributed by atoms with Gasteiger partial charge in [0.05, 0.1) is 6.61 Å². The van der Waals surface area contributed by atoms with Crippen molar-refractivity contribution in [1.82, 2.24) is 15.1 Å². The molecule has 0 aliphatic heterocycles. The summed E-state index contributed by atoms with van der Waals surface area (Å²) in [5.41, 5.74) is 0.249. The van der Waals surface area contributed by atoms with Gasteiger partial charge >= 0.3 is 0 Å². The second-order valence-electron chi connectivity index (χ2n) is 3.61. The van der Waals surface area contributed by atoms with E-state index in [4.69, 9.17) is 16.7 Å². The van der Waals surface area contributed by atoms with Gasteiger partial charge in [0, 0.05) is 13.1 Å². The standard InChI is InChI=1S/C11H16ClN3O2/c1-2-3-6-15(7-8-16)11(17)9-4-5-10(12)14-13-9/h4-5,16H,2-3,6-8H2,1H3. The number of hydrogen-bond donors (Lipinski definition) is 1. The van der Waals surface area contributed by atoms with Crippen LogP contribution in [0.25, 0.3) is 0 Å². The third-order valence-corrected chi connectivity index (χ3v) is 2.49. The molecule has 1 N–H and O–H groups in total. The van der Waals surface area contributed by atoms with Crippen LogP contribution in [0.4, 0.5) is 0 Å². The first-order chi connectivity index (χ1) is 8.19. The summed E-state index contributed by atoms with van der Waals surface area (Å²) in [5.74, 6) is -0.225. The molecule has 0 unspecified atom stereocenters. The average Bonchev–Trinajstić information content (AvgIpc) is 2.34. The van der Waals surface area contributed by atoms with Crippen LogP contribution in [0.2, 0.25) is 5.15 Å². The van der Waals surface area contributed by atoms with Crippen molar-refractivity contribution >= 4 is 17.5 Å². The molecule has 1 amide bonds. The number of aliphatic hydroxyl groups is 1. The first-order valence-electron chi connectivity index (χ1n) is 5.58. The molecular weight excluding hydrogens is 242 g/mol. The van der Waals surface area contributed by atoms with Gasteiger partial charge in [0.1, 0.15) is 0 Å². The number of carbonyl (C=O) groups is 1. The van der Waals surface area contributed by atoms with Crippen LogP contribution in [0.1, 0.15) is 30.3 Å². The summed E-state index contributed by atoms with van der Waals surface area (Å²) in [4.78, 5) is 13.6. The van der Waals surface area contributed by atoms with E-state index >= 15 is 0 Å². The molecule has 6 heteroatoms. The maximum Gasteiger partial charge on any atom is 0.274 e. The van der Waals surface area contributed by atoms with Crippen LogP contribution in [0.3, 0.4) is 0 Å². The molecule has 0 radical (unpaired) electrons. The Balaban J connectivity index is 2.72. The number of nitrogens with zero attached hydrogens (tertiary/aromatic N) is 3. The van der Waals surface area contributed by atoms with E-state index in [2.05, 4.69) is 10.2 Å². The molecule has 0 bridgehead atoms. The summed E-state index contributed by atoms with van der Waals surface area (Å²) in [6, 6.07) is 3.06. The van der Waals surface area contributed by atoms with Crippen molar-refractivity contribution in [3.8, 4) is 0 Å². The van der Waals surface area contributed by atoms with E-state index in [1.165, 1.54) is 12.1 Å². The minimum atomic E-state index is -0.225. The Labute approximate surface area is 105 Å². The average molecular weight is 258 g/mol. The molecule has 0 saturated heterocycles. The molecule has 1 rings (SSSR count). The minimum absolute atomic E-state index is 0.0591. The van der Waals surface area contributed by atoms with E-state index in [1.54, 1.807) is 4.90 Å². The zero-order valence-corrected chi connectivity index (χ0v) is 10.5. The van der Waals surface area contributed by atoms with Crippen LogP contribution >= 0.6 is 11.6 Å². The Kier molecular flexibility index (Phi) is 5.86. The van der Waals surface area contributed by atoms with Gasteiger partial charge in [-0.1, -0.05) is 24.9 Å². The van der Waals surface area contributed by atoms with Crippen molar-refractivity contribution < 1.29 is 9.90 Å². The minimum Gasteiger partial charge on any atom is -0.395 e. The monoisotopic (exact) mass is 257 g/mol. The van der Waals surface area contributed by atoms with E-state index in [0.29, 0.717) is 13.1 Å². The van der Waals surface area contributed by atoms with Gasteiger partial charge in [-0.2, -0.15) is 0 Å². The van der Waals surface area contributed by atoms with Crippen molar-refractivity contribution in [2.45, 2.75) is 19.8 Å². The molecule has 0 aliphatic carbocycles. The highest BCUT2D eigenvalue weighted by atomic mass is 35.5. The molecule has 0 fully saturated rings. The summed E-state index contributed by atoms with van der Waals surface area (Å²) in [7, 11) is 0. The van der Waals surface area contributed by atoms with Gasteiger partial charge in [0.15, 0.2) is 10.8 Å². The van der Waals surface area contributed by atoms with Crippen molar-refractivity contribution in [3.05, 3.63) is 23.0 Å². The highest BCUT2D eigenvalue weighted by Crippen LogP contribution is 2.06. The topological polar surface area (TPSA) is 66.3 Å². The lowest BCUT2D eigenvalue weighted by Crippen LogP contribution is -2.35. The fourth-order valence-electron chi connectivity index (χ4n) is 1.38. The van der Waals surface area contributed by atoms with Crippen molar-refractivity contribution in [3.63, 3.8) is 0 Å². The predicted octanol–water partition coefficient (Wildman–Crippen LogP) is 1.36. The number of amides is 1. The summed E-state index contributed by atoms with van der Waals surface area (Å²) < 4.78 is 0. The van der Waals surface area contributed by atoms with Crippen LogP contribution in [0, 0.1) is 0 Å². The van der Waals surface area contributed by atoms with Crippen molar-refractivity contribution in [2.24, 2.45) is 0 Å². The zero-order chi connectivity index (χ0) is 12.7. The maximum atomic E-state index is 12.0. The number of aromatic nitrogens is 2. The highest BCUT2D eigenvalue weighted by Gasteiger charge is 2.16. The molecule has 1 heterocycles. The van der Waals surface area contributed by atoms with Gasteiger partial charge in [-0.05, 0) is 18.6 Å². The van der Waals surface area contributed by atoms with Crippen LogP contribution in [-0.4, -0.2) is 45.8 Å². The number of carbonyl (C=O) groups excluding carboxylic acids is 1. The van der Waals surface area contributed by atoms with Crippen LogP contribution < -0.4 is 0 Å². The van der Waals surface area contributed by atoms with Crippen LogP contribution in [0.5, 0.6) is 0 Å². The molecular formula is C11H16ClN3O2. The summed E-state index contributed by atoms with van der Waals surface area (Å²) in [6.45, 7) is 2.91. The van der Waals surface area contributed by atoms with Gasteiger partial charge in [0.25, 0.3) is 5.91 Å². The van der Waals surface area contributed by atoms with E-state index in [9.17, 15) is 4.79 Å². The summed E-state index contributed by atoms with van der Waals surface area (Å²) in [5, 5.41) is 16.5. The second-order valence-corrected chi connectivity index (χ2v) is 4.00. The Morgan fingerprint density at radius 3 is 2.71 bits per heavy atom. The molecule has 0 aliphatic rings. The molecule has 0 saturated carbocycles. The number of halogens is 1. The quantitative estimate of drug-likeness (QED) is 0.836. The van der Waals surface area contributed by atoms with Gasteiger partial charge < -0.3 is 10.0 Å². The van der Waals surface area contributed by atoms with Crippen molar-refractivity contribution in [2.75, 3.05) is 19.7 Å². The molecule has 5 nitrogen and oxygen atoms in total. The Bertz CT molecular complexity index is 356. The molecule has 0 spiro atoms. The molecule has 17 heavy (non-hydrogen) atoms. The molecule has 1 aromatic heterocycles. The van der Waals surface area contributed by atoms with E-state index in [-0.39, 0.29) is 23.4 Å². The van der Waals surface area contributed by atoms with E-state index < -0.39 is 0 Å². The smallest absolute Gasteiger partial charge is 0.274 e. The fraction of sp³-hybridized carbons (Fsp3) is 0.545. The molecule has 0 atom stereocenters. The van der Waals surface area contributed by atoms with Crippen molar-refractivity contribution in [1.29, 1.82) is 0 Å². The second kappa shape index (κ2) is 7.19. The number of hydrogen-bond acceptors (Lipinski definition) is 4. The third kappa shape index (κ3) is 4.28. The van der Waals surface area contributed by atoms with E-state index in [0.717, 1.165) is 12.8 Å². The van der Waals surface area contributed by atoms with Gasteiger partial charge in [-0.15, -0.1) is 10.2 Å². The highest BCUT2D eigenvalue weighted by molar-refractivity contribution is 6.29. The summed E-state index contributed by atoms with van der Waals surface area (Å²) in [6.07, 6.45) is 1.88. The lowest BCUT2D eigenvalue weighted by molar-refractivity contribution is 0.0712. The largest absolute Gasteiger partial charge is 0.395 e. The van der Waals surface area contributed by atoms with Gasteiger partial charge in [-0.25, -0.2) is 0 Å². The SMILES string of the molecule is CCCCN(CCO)C(=O)c1ccc(Cl)nn1.